The summed E-state index contributed by atoms with van der Waals surface area (Å²) in [6.45, 7) is 5.17. The fourth-order valence-corrected chi connectivity index (χ4v) is 1.82. The quantitative estimate of drug-likeness (QED) is 0.640. The van der Waals surface area contributed by atoms with Gasteiger partial charge in [0.1, 0.15) is 6.21 Å². The van der Waals surface area contributed by atoms with Crippen LogP contribution in [-0.2, 0) is 14.4 Å². The molecule has 0 aliphatic rings. The van der Waals surface area contributed by atoms with Crippen LogP contribution in [0.3, 0.4) is 0 Å². The van der Waals surface area contributed by atoms with Crippen LogP contribution in [0.1, 0.15) is 18.1 Å². The summed E-state index contributed by atoms with van der Waals surface area (Å²) < 4.78 is 0. The minimum atomic E-state index is -0.899. The van der Waals surface area contributed by atoms with Crippen LogP contribution in [0, 0.1) is 13.8 Å². The first-order valence-electron chi connectivity index (χ1n) is 5.87. The molecule has 1 rings (SSSR count). The number of benzene rings is 1. The third kappa shape index (κ3) is 4.55. The summed E-state index contributed by atoms with van der Waals surface area (Å²) >= 11 is 6.05. The lowest BCUT2D eigenvalue weighted by molar-refractivity contribution is -0.128. The van der Waals surface area contributed by atoms with Crippen molar-refractivity contribution in [3.05, 3.63) is 28.3 Å². The molecule has 0 spiro atoms. The molecule has 0 heterocycles. The number of carbonyl (C=O) groups excluding carboxylic acids is 2. The summed E-state index contributed by atoms with van der Waals surface area (Å²) in [7, 11) is 0. The van der Waals surface area contributed by atoms with Crippen LogP contribution >= 0.6 is 11.6 Å². The van der Waals surface area contributed by atoms with Crippen molar-refractivity contribution >= 4 is 35.3 Å². The Hall–Kier alpha value is -2.08. The Morgan fingerprint density at radius 1 is 1.45 bits per heavy atom. The Labute approximate surface area is 121 Å². The van der Waals surface area contributed by atoms with Gasteiger partial charge >= 0.3 is 0 Å². The maximum atomic E-state index is 11.6. The van der Waals surface area contributed by atoms with E-state index in [0.29, 0.717) is 10.7 Å². The Morgan fingerprint density at radius 2 is 2.10 bits per heavy atom. The Balaban J connectivity index is 2.68. The summed E-state index contributed by atoms with van der Waals surface area (Å²) in [6, 6.07) is 3.64. The summed E-state index contributed by atoms with van der Waals surface area (Å²) in [5.41, 5.74) is 7.32. The fourth-order valence-electron chi connectivity index (χ4n) is 1.45. The molecule has 0 saturated carbocycles. The molecule has 0 aromatic heterocycles. The van der Waals surface area contributed by atoms with Crippen molar-refractivity contribution in [2.24, 2.45) is 10.9 Å². The largest absolute Gasteiger partial charge is 0.383 e. The predicted octanol–water partition coefficient (Wildman–Crippen LogP) is 1.77. The van der Waals surface area contributed by atoms with Gasteiger partial charge in [-0.3, -0.25) is 9.59 Å². The van der Waals surface area contributed by atoms with Crippen molar-refractivity contribution in [3.8, 4) is 0 Å². The third-order valence-electron chi connectivity index (χ3n) is 2.47. The molecule has 0 bridgehead atoms. The molecule has 0 radical (unpaired) electrons. The lowest BCUT2D eigenvalue weighted by Gasteiger charge is -2.10. The van der Waals surface area contributed by atoms with Crippen molar-refractivity contribution in [3.63, 3.8) is 0 Å². The van der Waals surface area contributed by atoms with Crippen LogP contribution in [0.5, 0.6) is 0 Å². The van der Waals surface area contributed by atoms with E-state index in [1.54, 1.807) is 6.07 Å². The number of nitrogens with zero attached hydrogens (tertiary/aromatic N) is 1. The molecule has 0 unspecified atom stereocenters. The monoisotopic (exact) mass is 297 g/mol. The minimum absolute atomic E-state index is 0.440. The lowest BCUT2D eigenvalue weighted by atomic mass is 10.1. The number of anilines is 1. The highest BCUT2D eigenvalue weighted by atomic mass is 35.5. The van der Waals surface area contributed by atoms with Gasteiger partial charge in [-0.15, -0.1) is 0 Å². The second-order valence-corrected chi connectivity index (χ2v) is 4.72. The fraction of sp³-hybridized carbons (Fsp3) is 0.308. The number of rotatable bonds is 5. The summed E-state index contributed by atoms with van der Waals surface area (Å²) in [5, 5.41) is 6.42. The van der Waals surface area contributed by atoms with Crippen molar-refractivity contribution < 1.29 is 14.4 Å². The second kappa shape index (κ2) is 6.91. The van der Waals surface area contributed by atoms with Gasteiger partial charge in [0.25, 0.3) is 11.8 Å². The smallest absolute Gasteiger partial charge is 0.270 e. The number of hydrogen-bond donors (Lipinski definition) is 2. The average Bonchev–Trinajstić information content (AvgIpc) is 2.33. The number of nitrogens with two attached hydrogens (primary N) is 1. The SMILES string of the molecule is Cc1cc(C)c(NC(=O)C=NO[C@H](C)C(N)=O)c(Cl)c1. The highest BCUT2D eigenvalue weighted by Crippen LogP contribution is 2.26. The summed E-state index contributed by atoms with van der Waals surface area (Å²) in [5.74, 6) is -1.18. The molecule has 20 heavy (non-hydrogen) atoms. The Bertz CT molecular complexity index is 535. The van der Waals surface area contributed by atoms with Gasteiger partial charge in [0, 0.05) is 0 Å². The number of nitrogens with one attached hydrogen (secondary N) is 1. The first-order chi connectivity index (χ1) is 9.31. The second-order valence-electron chi connectivity index (χ2n) is 4.31. The first kappa shape index (κ1) is 16.0. The maximum Gasteiger partial charge on any atom is 0.270 e. The zero-order valence-corrected chi connectivity index (χ0v) is 12.2. The molecular formula is C13H16ClN3O3. The van der Waals surface area contributed by atoms with E-state index in [2.05, 4.69) is 10.5 Å². The first-order valence-corrected chi connectivity index (χ1v) is 6.25. The number of aryl methyl sites for hydroxylation is 2. The molecule has 108 valence electrons. The van der Waals surface area contributed by atoms with Gasteiger partial charge in [0.15, 0.2) is 0 Å². The average molecular weight is 298 g/mol. The van der Waals surface area contributed by atoms with E-state index in [-0.39, 0.29) is 0 Å². The van der Waals surface area contributed by atoms with Crippen LogP contribution < -0.4 is 11.1 Å². The Morgan fingerprint density at radius 3 is 2.65 bits per heavy atom. The topological polar surface area (TPSA) is 93.8 Å². The molecule has 0 fully saturated rings. The van der Waals surface area contributed by atoms with Gasteiger partial charge in [0.2, 0.25) is 6.10 Å². The predicted molar refractivity (Wildman–Crippen MR) is 77.8 cm³/mol. The van der Waals surface area contributed by atoms with E-state index in [4.69, 9.17) is 22.2 Å². The number of oxime groups is 1. The van der Waals surface area contributed by atoms with Crippen LogP contribution in [0.25, 0.3) is 0 Å². The van der Waals surface area contributed by atoms with Gasteiger partial charge in [-0.1, -0.05) is 22.8 Å². The zero-order chi connectivity index (χ0) is 15.3. The van der Waals surface area contributed by atoms with Gasteiger partial charge in [0.05, 0.1) is 10.7 Å². The third-order valence-corrected chi connectivity index (χ3v) is 2.77. The van der Waals surface area contributed by atoms with E-state index >= 15 is 0 Å². The van der Waals surface area contributed by atoms with Crippen molar-refractivity contribution in [2.75, 3.05) is 5.32 Å². The summed E-state index contributed by atoms with van der Waals surface area (Å²) in [4.78, 5) is 27.0. The van der Waals surface area contributed by atoms with Crippen LogP contribution in [0.2, 0.25) is 5.02 Å². The van der Waals surface area contributed by atoms with Crippen molar-refractivity contribution in [1.29, 1.82) is 0 Å². The lowest BCUT2D eigenvalue weighted by Crippen LogP contribution is -2.27. The normalized spacial score (nSPS) is 12.2. The molecular weight excluding hydrogens is 282 g/mol. The van der Waals surface area contributed by atoms with Crippen LogP contribution in [0.15, 0.2) is 17.3 Å². The van der Waals surface area contributed by atoms with Crippen LogP contribution in [-0.4, -0.2) is 24.1 Å². The van der Waals surface area contributed by atoms with E-state index in [0.717, 1.165) is 17.3 Å². The number of carbonyl (C=O) groups is 2. The number of primary amides is 1. The van der Waals surface area contributed by atoms with E-state index in [1.807, 2.05) is 19.9 Å². The molecule has 0 aliphatic carbocycles. The van der Waals surface area contributed by atoms with E-state index in [1.165, 1.54) is 6.92 Å². The highest BCUT2D eigenvalue weighted by Gasteiger charge is 2.10. The number of halogens is 1. The zero-order valence-electron chi connectivity index (χ0n) is 11.4. The Kier molecular flexibility index (Phi) is 5.52. The molecule has 1 atom stereocenters. The van der Waals surface area contributed by atoms with Gasteiger partial charge in [-0.05, 0) is 38.0 Å². The molecule has 3 N–H and O–H groups in total. The summed E-state index contributed by atoms with van der Waals surface area (Å²) in [6.07, 6.45) is 0.0125. The molecule has 2 amide bonds. The van der Waals surface area contributed by atoms with E-state index < -0.39 is 17.9 Å². The maximum absolute atomic E-state index is 11.6. The molecule has 7 heteroatoms. The molecule has 6 nitrogen and oxygen atoms in total. The molecule has 1 aromatic carbocycles. The van der Waals surface area contributed by atoms with Crippen LogP contribution in [0.4, 0.5) is 5.69 Å². The van der Waals surface area contributed by atoms with Crippen molar-refractivity contribution in [1.82, 2.24) is 0 Å². The standard InChI is InChI=1S/C13H16ClN3O3/c1-7-4-8(2)12(10(14)5-7)17-11(18)6-16-20-9(3)13(15)19/h4-6,9H,1-3H3,(H2,15,19)(H,17,18)/t9-/m1/s1. The molecule has 0 saturated heterocycles. The molecule has 1 aromatic rings. The molecule has 0 aliphatic heterocycles. The van der Waals surface area contributed by atoms with Crippen molar-refractivity contribution in [2.45, 2.75) is 26.9 Å². The van der Waals surface area contributed by atoms with Gasteiger partial charge in [-0.2, -0.15) is 0 Å². The van der Waals surface area contributed by atoms with E-state index in [9.17, 15) is 9.59 Å². The number of hydrogen-bond acceptors (Lipinski definition) is 4. The number of amides is 2. The highest BCUT2D eigenvalue weighted by molar-refractivity contribution is 6.37. The minimum Gasteiger partial charge on any atom is -0.383 e. The van der Waals surface area contributed by atoms with Gasteiger partial charge in [-0.25, -0.2) is 0 Å². The van der Waals surface area contributed by atoms with Gasteiger partial charge < -0.3 is 15.9 Å².